The van der Waals surface area contributed by atoms with E-state index in [9.17, 15) is 0 Å². The van der Waals surface area contributed by atoms with Crippen molar-refractivity contribution < 1.29 is 4.52 Å². The van der Waals surface area contributed by atoms with E-state index in [-0.39, 0.29) is 5.92 Å². The Hall–Kier alpha value is -1.82. The molecule has 0 aromatic carbocycles. The normalized spacial score (nSPS) is 14.3. The molecule has 0 spiro atoms. The smallest absolute Gasteiger partial charge is 0.240 e. The molecule has 0 aliphatic rings. The minimum absolute atomic E-state index is 0.162. The Bertz CT molecular complexity index is 499. The van der Waals surface area contributed by atoms with Crippen LogP contribution in [0.1, 0.15) is 39.0 Å². The van der Waals surface area contributed by atoms with Gasteiger partial charge in [-0.05, 0) is 19.0 Å². The topological polar surface area (TPSA) is 76.7 Å². The van der Waals surface area contributed by atoms with E-state index in [0.717, 1.165) is 13.0 Å². The molecule has 6 heteroatoms. The predicted octanol–water partition coefficient (Wildman–Crippen LogP) is 2.02. The van der Waals surface area contributed by atoms with E-state index in [2.05, 4.69) is 46.2 Å². The van der Waals surface area contributed by atoms with Gasteiger partial charge in [0.25, 0.3) is 0 Å². The SMILES string of the molecule is CCNC(CC)C(C)c1nc(-c2ncccn2)no1. The van der Waals surface area contributed by atoms with Gasteiger partial charge < -0.3 is 9.84 Å². The van der Waals surface area contributed by atoms with E-state index >= 15 is 0 Å². The van der Waals surface area contributed by atoms with Crippen molar-refractivity contribution in [1.29, 1.82) is 0 Å². The van der Waals surface area contributed by atoms with Crippen LogP contribution in [0.3, 0.4) is 0 Å². The molecule has 0 fully saturated rings. The fourth-order valence-electron chi connectivity index (χ4n) is 2.03. The first-order valence-electron chi connectivity index (χ1n) is 6.60. The maximum atomic E-state index is 5.33. The molecule has 6 nitrogen and oxygen atoms in total. The van der Waals surface area contributed by atoms with Crippen molar-refractivity contribution >= 4 is 0 Å². The van der Waals surface area contributed by atoms with Gasteiger partial charge in [-0.2, -0.15) is 4.98 Å². The first-order chi connectivity index (χ1) is 9.26. The summed E-state index contributed by atoms with van der Waals surface area (Å²) in [4.78, 5) is 12.6. The second kappa shape index (κ2) is 6.38. The van der Waals surface area contributed by atoms with Crippen molar-refractivity contribution in [2.75, 3.05) is 6.54 Å². The highest BCUT2D eigenvalue weighted by Gasteiger charge is 2.23. The highest BCUT2D eigenvalue weighted by Crippen LogP contribution is 2.21. The summed E-state index contributed by atoms with van der Waals surface area (Å²) in [6.07, 6.45) is 4.33. The summed E-state index contributed by atoms with van der Waals surface area (Å²) in [5.74, 6) is 1.71. The molecule has 2 heterocycles. The van der Waals surface area contributed by atoms with Gasteiger partial charge in [0.2, 0.25) is 17.5 Å². The molecule has 0 aliphatic heterocycles. The maximum Gasteiger partial charge on any atom is 0.240 e. The second-order valence-corrected chi connectivity index (χ2v) is 4.39. The Balaban J connectivity index is 2.16. The molecular weight excluding hydrogens is 242 g/mol. The van der Waals surface area contributed by atoms with Gasteiger partial charge in [0.15, 0.2) is 0 Å². The van der Waals surface area contributed by atoms with Crippen LogP contribution in [0.5, 0.6) is 0 Å². The van der Waals surface area contributed by atoms with Crippen LogP contribution < -0.4 is 5.32 Å². The Morgan fingerprint density at radius 2 is 1.95 bits per heavy atom. The minimum Gasteiger partial charge on any atom is -0.339 e. The molecule has 0 aliphatic carbocycles. The zero-order valence-electron chi connectivity index (χ0n) is 11.5. The zero-order valence-corrected chi connectivity index (χ0v) is 11.5. The molecule has 2 rings (SSSR count). The Labute approximate surface area is 112 Å². The van der Waals surface area contributed by atoms with Crippen LogP contribution in [0, 0.1) is 0 Å². The molecule has 0 radical (unpaired) electrons. The zero-order chi connectivity index (χ0) is 13.7. The van der Waals surface area contributed by atoms with E-state index < -0.39 is 0 Å². The molecule has 19 heavy (non-hydrogen) atoms. The number of hydrogen-bond acceptors (Lipinski definition) is 6. The quantitative estimate of drug-likeness (QED) is 0.857. The van der Waals surface area contributed by atoms with Crippen molar-refractivity contribution in [3.8, 4) is 11.6 Å². The van der Waals surface area contributed by atoms with E-state index in [0.29, 0.717) is 23.6 Å². The molecule has 0 bridgehead atoms. The summed E-state index contributed by atoms with van der Waals surface area (Å²) in [6.45, 7) is 7.24. The van der Waals surface area contributed by atoms with Gasteiger partial charge in [0.05, 0.1) is 5.92 Å². The monoisotopic (exact) mass is 261 g/mol. The summed E-state index contributed by atoms with van der Waals surface area (Å²) in [5.41, 5.74) is 0. The summed E-state index contributed by atoms with van der Waals surface area (Å²) < 4.78 is 5.33. The van der Waals surface area contributed by atoms with Crippen LogP contribution in [0.4, 0.5) is 0 Å². The summed E-state index contributed by atoms with van der Waals surface area (Å²) in [7, 11) is 0. The summed E-state index contributed by atoms with van der Waals surface area (Å²) >= 11 is 0. The molecule has 2 atom stereocenters. The Morgan fingerprint density at radius 3 is 2.58 bits per heavy atom. The first kappa shape index (κ1) is 13.6. The lowest BCUT2D eigenvalue weighted by Gasteiger charge is -2.20. The highest BCUT2D eigenvalue weighted by molar-refractivity contribution is 5.40. The first-order valence-corrected chi connectivity index (χ1v) is 6.60. The van der Waals surface area contributed by atoms with Crippen molar-refractivity contribution in [2.24, 2.45) is 0 Å². The van der Waals surface area contributed by atoms with Crippen LogP contribution in [-0.2, 0) is 0 Å². The molecule has 0 saturated heterocycles. The van der Waals surface area contributed by atoms with Crippen LogP contribution in [0.2, 0.25) is 0 Å². The van der Waals surface area contributed by atoms with E-state index in [1.807, 2.05) is 0 Å². The fraction of sp³-hybridized carbons (Fsp3) is 0.538. The van der Waals surface area contributed by atoms with Gasteiger partial charge in [-0.15, -0.1) is 0 Å². The van der Waals surface area contributed by atoms with Crippen molar-refractivity contribution in [3.63, 3.8) is 0 Å². The van der Waals surface area contributed by atoms with E-state index in [1.165, 1.54) is 0 Å². The van der Waals surface area contributed by atoms with Crippen LogP contribution in [0.25, 0.3) is 11.6 Å². The van der Waals surface area contributed by atoms with E-state index in [1.54, 1.807) is 18.5 Å². The van der Waals surface area contributed by atoms with Gasteiger partial charge in [-0.25, -0.2) is 9.97 Å². The highest BCUT2D eigenvalue weighted by atomic mass is 16.5. The minimum atomic E-state index is 0.162. The third-order valence-electron chi connectivity index (χ3n) is 3.11. The standard InChI is InChI=1S/C13H19N5O/c1-4-10(14-5-2)9(3)13-17-12(18-19-13)11-15-7-6-8-16-11/h6-10,14H,4-5H2,1-3H3. The lowest BCUT2D eigenvalue weighted by Crippen LogP contribution is -2.33. The lowest BCUT2D eigenvalue weighted by molar-refractivity contribution is 0.321. The van der Waals surface area contributed by atoms with Gasteiger partial charge in [0, 0.05) is 18.4 Å². The molecule has 0 saturated carbocycles. The van der Waals surface area contributed by atoms with Crippen LogP contribution in [0.15, 0.2) is 23.0 Å². The molecule has 0 amide bonds. The molecule has 1 N–H and O–H groups in total. The van der Waals surface area contributed by atoms with Gasteiger partial charge in [-0.1, -0.05) is 25.9 Å². The molecule has 2 aromatic rings. The molecule has 2 aromatic heterocycles. The van der Waals surface area contributed by atoms with Gasteiger partial charge in [0.1, 0.15) is 0 Å². The average Bonchev–Trinajstić information content (AvgIpc) is 2.95. The molecule has 102 valence electrons. The second-order valence-electron chi connectivity index (χ2n) is 4.39. The van der Waals surface area contributed by atoms with Gasteiger partial charge in [-0.3, -0.25) is 0 Å². The van der Waals surface area contributed by atoms with E-state index in [4.69, 9.17) is 4.52 Å². The number of rotatable bonds is 6. The third kappa shape index (κ3) is 3.14. The Morgan fingerprint density at radius 1 is 1.21 bits per heavy atom. The van der Waals surface area contributed by atoms with Crippen LogP contribution in [-0.4, -0.2) is 32.7 Å². The Kier molecular flexibility index (Phi) is 4.57. The van der Waals surface area contributed by atoms with Crippen molar-refractivity contribution in [2.45, 2.75) is 39.2 Å². The number of likely N-dealkylation sites (N-methyl/N-ethyl adjacent to an activating group) is 1. The molecular formula is C13H19N5O. The maximum absolute atomic E-state index is 5.33. The largest absolute Gasteiger partial charge is 0.339 e. The van der Waals surface area contributed by atoms with Crippen molar-refractivity contribution in [3.05, 3.63) is 24.4 Å². The summed E-state index contributed by atoms with van der Waals surface area (Å²) in [6, 6.07) is 2.08. The van der Waals surface area contributed by atoms with Crippen molar-refractivity contribution in [1.82, 2.24) is 25.4 Å². The predicted molar refractivity (Wildman–Crippen MR) is 71.5 cm³/mol. The third-order valence-corrected chi connectivity index (χ3v) is 3.11. The summed E-state index contributed by atoms with van der Waals surface area (Å²) in [5, 5.41) is 7.37. The number of aromatic nitrogens is 4. The number of nitrogens with zero attached hydrogens (tertiary/aromatic N) is 4. The van der Waals surface area contributed by atoms with Gasteiger partial charge >= 0.3 is 0 Å². The fourth-order valence-corrected chi connectivity index (χ4v) is 2.03. The van der Waals surface area contributed by atoms with Crippen LogP contribution >= 0.6 is 0 Å². The average molecular weight is 261 g/mol. The number of nitrogens with one attached hydrogen (secondary N) is 1. The molecule has 2 unspecified atom stereocenters. The lowest BCUT2D eigenvalue weighted by atomic mass is 9.99. The number of hydrogen-bond donors (Lipinski definition) is 1.